The van der Waals surface area contributed by atoms with Crippen molar-refractivity contribution in [2.24, 2.45) is 4.99 Å². The van der Waals surface area contributed by atoms with Gasteiger partial charge in [0.15, 0.2) is 5.96 Å². The Morgan fingerprint density at radius 1 is 1.12 bits per heavy atom. The number of hydrogen-bond donors (Lipinski definition) is 2. The van der Waals surface area contributed by atoms with Gasteiger partial charge < -0.3 is 15.2 Å². The molecule has 26 heavy (non-hydrogen) atoms. The summed E-state index contributed by atoms with van der Waals surface area (Å²) in [6.45, 7) is 4.20. The molecule has 2 N–H and O–H groups in total. The van der Waals surface area contributed by atoms with Gasteiger partial charge in [0.1, 0.15) is 0 Å². The average Bonchev–Trinajstić information content (AvgIpc) is 2.61. The summed E-state index contributed by atoms with van der Waals surface area (Å²) in [5, 5.41) is 7.30. The summed E-state index contributed by atoms with van der Waals surface area (Å²) in [6, 6.07) is 13.1. The zero-order chi connectivity index (χ0) is 18.1. The number of nitrogens with zero attached hydrogens (tertiary/aromatic N) is 2. The number of rotatable bonds is 7. The molecule has 142 valence electrons. The molecular formula is C19H26ClIN4O. The maximum Gasteiger partial charge on any atom is 0.250 e. The van der Waals surface area contributed by atoms with Gasteiger partial charge in [0.25, 0.3) is 5.56 Å². The average molecular weight is 489 g/mol. The second-order valence-electron chi connectivity index (χ2n) is 5.84. The van der Waals surface area contributed by atoms with Crippen molar-refractivity contribution in [1.29, 1.82) is 0 Å². The highest BCUT2D eigenvalue weighted by molar-refractivity contribution is 14.0. The molecule has 0 aliphatic rings. The molecule has 0 fully saturated rings. The molecule has 0 spiro atoms. The van der Waals surface area contributed by atoms with E-state index in [0.29, 0.717) is 6.54 Å². The SMILES string of the molecule is CN=C(NCCCCn1c(C)cccc1=O)NCc1ccc(Cl)cc1.I. The van der Waals surface area contributed by atoms with Gasteiger partial charge in [-0.15, -0.1) is 24.0 Å². The molecule has 0 aliphatic heterocycles. The maximum atomic E-state index is 11.8. The molecule has 0 radical (unpaired) electrons. The van der Waals surface area contributed by atoms with E-state index >= 15 is 0 Å². The molecular weight excluding hydrogens is 463 g/mol. The number of aryl methyl sites for hydroxylation is 1. The van der Waals surface area contributed by atoms with Crippen LogP contribution in [0.25, 0.3) is 0 Å². The van der Waals surface area contributed by atoms with Crippen LogP contribution < -0.4 is 16.2 Å². The predicted molar refractivity (Wildman–Crippen MR) is 120 cm³/mol. The monoisotopic (exact) mass is 488 g/mol. The zero-order valence-electron chi connectivity index (χ0n) is 15.2. The third-order valence-electron chi connectivity index (χ3n) is 3.97. The first-order valence-corrected chi connectivity index (χ1v) is 8.83. The van der Waals surface area contributed by atoms with Gasteiger partial charge in [-0.3, -0.25) is 9.79 Å². The molecule has 0 atom stereocenters. The van der Waals surface area contributed by atoms with Gasteiger partial charge in [-0.2, -0.15) is 0 Å². The maximum absolute atomic E-state index is 11.8. The third kappa shape index (κ3) is 7.37. The van der Waals surface area contributed by atoms with E-state index < -0.39 is 0 Å². The molecule has 0 saturated heterocycles. The Labute approximate surface area is 176 Å². The molecule has 1 heterocycles. The van der Waals surface area contributed by atoms with Crippen molar-refractivity contribution in [3.63, 3.8) is 0 Å². The molecule has 5 nitrogen and oxygen atoms in total. The summed E-state index contributed by atoms with van der Waals surface area (Å²) >= 11 is 5.89. The lowest BCUT2D eigenvalue weighted by Crippen LogP contribution is -2.37. The van der Waals surface area contributed by atoms with Crippen LogP contribution in [0.1, 0.15) is 24.1 Å². The Morgan fingerprint density at radius 2 is 1.85 bits per heavy atom. The summed E-state index contributed by atoms with van der Waals surface area (Å²) in [4.78, 5) is 16.0. The standard InChI is InChI=1S/C19H25ClN4O.HI/c1-15-6-5-7-18(25)24(15)13-4-3-12-22-19(21-2)23-14-16-8-10-17(20)11-9-16;/h5-11H,3-4,12-14H2,1-2H3,(H2,21,22,23);1H. The number of unbranched alkanes of at least 4 members (excludes halogenated alkanes) is 1. The van der Waals surface area contributed by atoms with Gasteiger partial charge in [0, 0.05) is 43.5 Å². The Kier molecular flexibility index (Phi) is 10.3. The number of pyridine rings is 1. The van der Waals surface area contributed by atoms with Crippen LogP contribution in [0.5, 0.6) is 0 Å². The summed E-state index contributed by atoms with van der Waals surface area (Å²) in [5.74, 6) is 0.767. The Hall–Kier alpha value is -1.54. The first-order valence-electron chi connectivity index (χ1n) is 8.45. The molecule has 0 unspecified atom stereocenters. The molecule has 1 aromatic carbocycles. The molecule has 1 aromatic heterocycles. The van der Waals surface area contributed by atoms with E-state index in [2.05, 4.69) is 15.6 Å². The first kappa shape index (κ1) is 22.5. The van der Waals surface area contributed by atoms with Crippen molar-refractivity contribution < 1.29 is 0 Å². The van der Waals surface area contributed by atoms with Gasteiger partial charge >= 0.3 is 0 Å². The van der Waals surface area contributed by atoms with Gasteiger partial charge in [-0.25, -0.2) is 0 Å². The highest BCUT2D eigenvalue weighted by atomic mass is 127. The molecule has 0 bridgehead atoms. The van der Waals surface area contributed by atoms with E-state index in [1.54, 1.807) is 19.2 Å². The van der Waals surface area contributed by atoms with Gasteiger partial charge in [0.2, 0.25) is 0 Å². The van der Waals surface area contributed by atoms with Crippen LogP contribution >= 0.6 is 35.6 Å². The number of benzene rings is 1. The van der Waals surface area contributed by atoms with Crippen LogP contribution in [0.2, 0.25) is 5.02 Å². The smallest absolute Gasteiger partial charge is 0.250 e. The van der Waals surface area contributed by atoms with Crippen LogP contribution in [0.3, 0.4) is 0 Å². The van der Waals surface area contributed by atoms with Crippen molar-refractivity contribution in [1.82, 2.24) is 15.2 Å². The number of aliphatic imine (C=N–C) groups is 1. The van der Waals surface area contributed by atoms with Crippen molar-refractivity contribution in [3.05, 3.63) is 69.1 Å². The predicted octanol–water partition coefficient (Wildman–Crippen LogP) is 3.57. The lowest BCUT2D eigenvalue weighted by molar-refractivity contribution is 0.575. The van der Waals surface area contributed by atoms with Gasteiger partial charge in [-0.1, -0.05) is 29.8 Å². The van der Waals surface area contributed by atoms with Crippen molar-refractivity contribution in [2.75, 3.05) is 13.6 Å². The third-order valence-corrected chi connectivity index (χ3v) is 4.22. The topological polar surface area (TPSA) is 58.4 Å². The summed E-state index contributed by atoms with van der Waals surface area (Å²) in [6.07, 6.45) is 1.90. The molecule has 0 aliphatic carbocycles. The fraction of sp³-hybridized carbons (Fsp3) is 0.368. The molecule has 2 rings (SSSR count). The van der Waals surface area contributed by atoms with Gasteiger partial charge in [-0.05, 0) is 43.5 Å². The minimum absolute atomic E-state index is 0. The molecule has 7 heteroatoms. The van der Waals surface area contributed by atoms with E-state index in [0.717, 1.165) is 48.2 Å². The second kappa shape index (κ2) is 12.0. The van der Waals surface area contributed by atoms with Crippen molar-refractivity contribution in [2.45, 2.75) is 32.9 Å². The Morgan fingerprint density at radius 3 is 2.50 bits per heavy atom. The van der Waals surface area contributed by atoms with Crippen LogP contribution in [0, 0.1) is 6.92 Å². The van der Waals surface area contributed by atoms with E-state index in [9.17, 15) is 4.79 Å². The molecule has 2 aromatic rings. The van der Waals surface area contributed by atoms with E-state index in [-0.39, 0.29) is 29.5 Å². The minimum atomic E-state index is 0. The van der Waals surface area contributed by atoms with Gasteiger partial charge in [0.05, 0.1) is 0 Å². The fourth-order valence-electron chi connectivity index (χ4n) is 2.52. The normalized spacial score (nSPS) is 11.0. The summed E-state index contributed by atoms with van der Waals surface area (Å²) in [5.41, 5.74) is 2.21. The molecule has 0 saturated carbocycles. The first-order chi connectivity index (χ1) is 12.1. The van der Waals surface area contributed by atoms with E-state index in [4.69, 9.17) is 11.6 Å². The number of hydrogen-bond acceptors (Lipinski definition) is 2. The van der Waals surface area contributed by atoms with Crippen LogP contribution in [0.4, 0.5) is 0 Å². The lowest BCUT2D eigenvalue weighted by atomic mass is 10.2. The van der Waals surface area contributed by atoms with Crippen LogP contribution in [0.15, 0.2) is 52.3 Å². The quantitative estimate of drug-likeness (QED) is 0.271. The van der Waals surface area contributed by atoms with Crippen molar-refractivity contribution in [3.8, 4) is 0 Å². The second-order valence-corrected chi connectivity index (χ2v) is 6.28. The number of nitrogens with one attached hydrogen (secondary N) is 2. The zero-order valence-corrected chi connectivity index (χ0v) is 18.3. The largest absolute Gasteiger partial charge is 0.356 e. The minimum Gasteiger partial charge on any atom is -0.356 e. The molecule has 0 amide bonds. The summed E-state index contributed by atoms with van der Waals surface area (Å²) < 4.78 is 1.81. The Balaban J connectivity index is 0.00000338. The number of halogens is 2. The summed E-state index contributed by atoms with van der Waals surface area (Å²) in [7, 11) is 1.75. The number of guanidine groups is 1. The highest BCUT2D eigenvalue weighted by Gasteiger charge is 2.01. The van der Waals surface area contributed by atoms with Crippen LogP contribution in [-0.2, 0) is 13.1 Å². The van der Waals surface area contributed by atoms with Crippen molar-refractivity contribution >= 4 is 41.5 Å². The number of aromatic nitrogens is 1. The van der Waals surface area contributed by atoms with Crippen LogP contribution in [-0.4, -0.2) is 24.1 Å². The van der Waals surface area contributed by atoms with E-state index in [1.165, 1.54) is 0 Å². The Bertz CT molecular complexity index is 759. The highest BCUT2D eigenvalue weighted by Crippen LogP contribution is 2.09. The lowest BCUT2D eigenvalue weighted by Gasteiger charge is -2.13. The van der Waals surface area contributed by atoms with E-state index in [1.807, 2.05) is 41.8 Å². The fourth-order valence-corrected chi connectivity index (χ4v) is 2.65.